The molecule has 1 N–H and O–H groups in total. The molecule has 2 aromatic carbocycles. The van der Waals surface area contributed by atoms with E-state index in [9.17, 15) is 8.78 Å². The van der Waals surface area contributed by atoms with Crippen molar-refractivity contribution in [2.75, 3.05) is 5.32 Å². The number of nitrogens with one attached hydrogen (secondary N) is 1. The minimum absolute atomic E-state index is 0.228. The van der Waals surface area contributed by atoms with Crippen molar-refractivity contribution in [2.24, 2.45) is 0 Å². The maximum atomic E-state index is 13.1. The summed E-state index contributed by atoms with van der Waals surface area (Å²) in [5.74, 6) is -0.847. The lowest BCUT2D eigenvalue weighted by Crippen LogP contribution is -2.03. The van der Waals surface area contributed by atoms with Crippen LogP contribution in [0.15, 0.2) is 36.4 Å². The summed E-state index contributed by atoms with van der Waals surface area (Å²) in [6, 6.07) is 9.85. The molecule has 0 aliphatic rings. The Labute approximate surface area is 114 Å². The Morgan fingerprint density at radius 1 is 1.11 bits per heavy atom. The van der Waals surface area contributed by atoms with Crippen LogP contribution in [-0.2, 0) is 6.54 Å². The van der Waals surface area contributed by atoms with Gasteiger partial charge in [0, 0.05) is 6.54 Å². The fraction of sp³-hybridized carbons (Fsp3) is 0.0714. The molecule has 0 unspecified atom stereocenters. The molecule has 0 fully saturated rings. The third-order valence-corrected chi connectivity index (χ3v) is 2.90. The third-order valence-electron chi connectivity index (χ3n) is 2.59. The van der Waals surface area contributed by atoms with Crippen LogP contribution in [0.1, 0.15) is 11.1 Å². The second-order valence-corrected chi connectivity index (χ2v) is 4.30. The molecule has 5 heteroatoms. The summed E-state index contributed by atoms with van der Waals surface area (Å²) in [4.78, 5) is 0. The number of rotatable bonds is 3. The molecule has 0 saturated carbocycles. The van der Waals surface area contributed by atoms with E-state index < -0.39 is 11.6 Å². The Kier molecular flexibility index (Phi) is 3.98. The zero-order valence-corrected chi connectivity index (χ0v) is 10.5. The van der Waals surface area contributed by atoms with E-state index in [2.05, 4.69) is 5.32 Å². The summed E-state index contributed by atoms with van der Waals surface area (Å²) >= 11 is 5.86. The van der Waals surface area contributed by atoms with Gasteiger partial charge in [-0.3, -0.25) is 0 Å². The van der Waals surface area contributed by atoms with Crippen molar-refractivity contribution < 1.29 is 8.78 Å². The van der Waals surface area contributed by atoms with Crippen LogP contribution in [0.4, 0.5) is 14.5 Å². The standard InChI is InChI=1S/C14H9ClF2N2/c15-13-6-12(17)3-4-14(13)19-8-10-5-11(16)2-1-9(10)7-18/h1-6,19H,8H2. The molecule has 2 aromatic rings. The first kappa shape index (κ1) is 13.3. The number of hydrogen-bond acceptors (Lipinski definition) is 2. The lowest BCUT2D eigenvalue weighted by molar-refractivity contribution is 0.625. The molecule has 2 rings (SSSR count). The average Bonchev–Trinajstić information content (AvgIpc) is 2.38. The maximum absolute atomic E-state index is 13.1. The molecule has 0 atom stereocenters. The van der Waals surface area contributed by atoms with E-state index in [0.717, 1.165) is 0 Å². The summed E-state index contributed by atoms with van der Waals surface area (Å²) in [5, 5.41) is 12.1. The van der Waals surface area contributed by atoms with E-state index in [1.165, 1.54) is 36.4 Å². The van der Waals surface area contributed by atoms with Crippen molar-refractivity contribution in [2.45, 2.75) is 6.54 Å². The molecular formula is C14H9ClF2N2. The van der Waals surface area contributed by atoms with Gasteiger partial charge in [0.15, 0.2) is 0 Å². The Hall–Kier alpha value is -2.12. The summed E-state index contributed by atoms with van der Waals surface area (Å²) in [6.07, 6.45) is 0. The van der Waals surface area contributed by atoms with Crippen molar-refractivity contribution in [3.63, 3.8) is 0 Å². The van der Waals surface area contributed by atoms with E-state index in [0.29, 0.717) is 16.8 Å². The van der Waals surface area contributed by atoms with Crippen molar-refractivity contribution >= 4 is 17.3 Å². The molecule has 0 aromatic heterocycles. The molecular weight excluding hydrogens is 270 g/mol. The SMILES string of the molecule is N#Cc1ccc(F)cc1CNc1ccc(F)cc1Cl. The van der Waals surface area contributed by atoms with Gasteiger partial charge < -0.3 is 5.32 Å². The molecule has 0 bridgehead atoms. The Bertz CT molecular complexity index is 650. The van der Waals surface area contributed by atoms with Crippen molar-refractivity contribution in [3.05, 3.63) is 64.2 Å². The largest absolute Gasteiger partial charge is 0.380 e. The van der Waals surface area contributed by atoms with E-state index in [1.54, 1.807) is 0 Å². The Morgan fingerprint density at radius 2 is 1.79 bits per heavy atom. The number of halogens is 3. The first-order chi connectivity index (χ1) is 9.10. The number of hydrogen-bond donors (Lipinski definition) is 1. The van der Waals surface area contributed by atoms with Gasteiger partial charge in [-0.25, -0.2) is 8.78 Å². The first-order valence-corrected chi connectivity index (χ1v) is 5.85. The van der Waals surface area contributed by atoms with E-state index in [-0.39, 0.29) is 11.6 Å². The topological polar surface area (TPSA) is 35.8 Å². The quantitative estimate of drug-likeness (QED) is 0.917. The van der Waals surface area contributed by atoms with Crippen LogP contribution in [0.5, 0.6) is 0 Å². The third kappa shape index (κ3) is 3.21. The van der Waals surface area contributed by atoms with Gasteiger partial charge in [0.25, 0.3) is 0 Å². The van der Waals surface area contributed by atoms with Gasteiger partial charge in [0.2, 0.25) is 0 Å². The van der Waals surface area contributed by atoms with Gasteiger partial charge in [-0.2, -0.15) is 5.26 Å². The Morgan fingerprint density at radius 3 is 2.47 bits per heavy atom. The highest BCUT2D eigenvalue weighted by atomic mass is 35.5. The second kappa shape index (κ2) is 5.68. The molecule has 0 heterocycles. The highest BCUT2D eigenvalue weighted by Gasteiger charge is 2.06. The zero-order valence-electron chi connectivity index (χ0n) is 9.75. The molecule has 0 amide bonds. The Balaban J connectivity index is 2.19. The summed E-state index contributed by atoms with van der Waals surface area (Å²) in [5.41, 5.74) is 1.42. The van der Waals surface area contributed by atoms with Crippen molar-refractivity contribution in [1.82, 2.24) is 0 Å². The lowest BCUT2D eigenvalue weighted by Gasteiger charge is -2.09. The highest BCUT2D eigenvalue weighted by Crippen LogP contribution is 2.23. The van der Waals surface area contributed by atoms with Crippen LogP contribution in [0, 0.1) is 23.0 Å². The highest BCUT2D eigenvalue weighted by molar-refractivity contribution is 6.33. The fourth-order valence-corrected chi connectivity index (χ4v) is 1.87. The van der Waals surface area contributed by atoms with Crippen LogP contribution in [0.2, 0.25) is 5.02 Å². The molecule has 0 radical (unpaired) electrons. The summed E-state index contributed by atoms with van der Waals surface area (Å²) in [7, 11) is 0. The first-order valence-electron chi connectivity index (χ1n) is 5.47. The van der Waals surface area contributed by atoms with Crippen LogP contribution < -0.4 is 5.32 Å². The van der Waals surface area contributed by atoms with Crippen molar-refractivity contribution in [1.29, 1.82) is 5.26 Å². The maximum Gasteiger partial charge on any atom is 0.124 e. The predicted octanol–water partition coefficient (Wildman–Crippen LogP) is 4.10. The molecule has 96 valence electrons. The van der Waals surface area contributed by atoms with Crippen LogP contribution in [-0.4, -0.2) is 0 Å². The second-order valence-electron chi connectivity index (χ2n) is 3.89. The van der Waals surface area contributed by atoms with Crippen molar-refractivity contribution in [3.8, 4) is 6.07 Å². The van der Waals surface area contributed by atoms with Crippen LogP contribution in [0.25, 0.3) is 0 Å². The van der Waals surface area contributed by atoms with E-state index in [1.807, 2.05) is 6.07 Å². The molecule has 0 aliphatic heterocycles. The zero-order chi connectivity index (χ0) is 13.8. The smallest absolute Gasteiger partial charge is 0.124 e. The van der Waals surface area contributed by atoms with Gasteiger partial charge in [-0.15, -0.1) is 0 Å². The van der Waals surface area contributed by atoms with Gasteiger partial charge >= 0.3 is 0 Å². The minimum Gasteiger partial charge on any atom is -0.380 e. The molecule has 0 aliphatic carbocycles. The molecule has 0 saturated heterocycles. The average molecular weight is 279 g/mol. The number of anilines is 1. The van der Waals surface area contributed by atoms with Gasteiger partial charge in [-0.05, 0) is 42.0 Å². The van der Waals surface area contributed by atoms with E-state index >= 15 is 0 Å². The minimum atomic E-state index is -0.431. The molecule has 0 spiro atoms. The van der Waals surface area contributed by atoms with E-state index in [4.69, 9.17) is 16.9 Å². The van der Waals surface area contributed by atoms with Crippen LogP contribution >= 0.6 is 11.6 Å². The summed E-state index contributed by atoms with van der Waals surface area (Å²) in [6.45, 7) is 0.228. The monoisotopic (exact) mass is 278 g/mol. The molecule has 19 heavy (non-hydrogen) atoms. The molecule has 2 nitrogen and oxygen atoms in total. The normalized spacial score (nSPS) is 10.0. The van der Waals surface area contributed by atoms with Gasteiger partial charge in [0.05, 0.1) is 22.3 Å². The van der Waals surface area contributed by atoms with Gasteiger partial charge in [0.1, 0.15) is 11.6 Å². The number of nitriles is 1. The van der Waals surface area contributed by atoms with Gasteiger partial charge in [-0.1, -0.05) is 11.6 Å². The number of benzene rings is 2. The lowest BCUT2D eigenvalue weighted by atomic mass is 10.1. The fourth-order valence-electron chi connectivity index (χ4n) is 1.64. The van der Waals surface area contributed by atoms with Crippen LogP contribution in [0.3, 0.4) is 0 Å². The number of nitrogens with zero attached hydrogens (tertiary/aromatic N) is 1. The predicted molar refractivity (Wildman–Crippen MR) is 69.9 cm³/mol. The summed E-state index contributed by atoms with van der Waals surface area (Å²) < 4.78 is 26.0.